The van der Waals surface area contributed by atoms with E-state index in [1.807, 2.05) is 18.2 Å². The molecule has 2 aromatic rings. The summed E-state index contributed by atoms with van der Waals surface area (Å²) in [6, 6.07) is 13.7. The lowest BCUT2D eigenvalue weighted by molar-refractivity contribution is -0.607. The monoisotopic (exact) mass is 214 g/mol. The first kappa shape index (κ1) is 10.2. The second kappa shape index (κ2) is 4.44. The molecule has 0 bridgehead atoms. The average molecular weight is 214 g/mol. The molecule has 0 atom stereocenters. The Balaban J connectivity index is 2.19. The maximum absolute atomic E-state index is 11.7. The molecule has 4 heteroatoms. The molecule has 1 amide bonds. The Kier molecular flexibility index (Phi) is 2.82. The molecule has 1 aromatic heterocycles. The van der Waals surface area contributed by atoms with Gasteiger partial charge in [-0.15, -0.1) is 0 Å². The topological polar surface area (TPSA) is 56.0 Å². The molecule has 1 heterocycles. The molecule has 0 spiro atoms. The second-order valence-corrected chi connectivity index (χ2v) is 3.23. The summed E-state index contributed by atoms with van der Waals surface area (Å²) in [6.07, 6.45) is 1.29. The number of nitrogens with one attached hydrogen (secondary N) is 1. The molecule has 0 radical (unpaired) electrons. The number of hydrogen-bond donors (Lipinski definition) is 1. The first-order valence-corrected chi connectivity index (χ1v) is 4.82. The number of amides is 1. The van der Waals surface area contributed by atoms with Gasteiger partial charge in [0.15, 0.2) is 6.20 Å². The predicted molar refractivity (Wildman–Crippen MR) is 59.8 cm³/mol. The molecule has 0 unspecified atom stereocenters. The van der Waals surface area contributed by atoms with Gasteiger partial charge in [0.1, 0.15) is 0 Å². The van der Waals surface area contributed by atoms with Crippen molar-refractivity contribution in [2.45, 2.75) is 0 Å². The van der Waals surface area contributed by atoms with Gasteiger partial charge in [-0.1, -0.05) is 18.2 Å². The first-order chi connectivity index (χ1) is 7.77. The van der Waals surface area contributed by atoms with Gasteiger partial charge in [-0.2, -0.15) is 4.73 Å². The molecule has 16 heavy (non-hydrogen) atoms. The highest BCUT2D eigenvalue weighted by Gasteiger charge is 2.14. The SMILES string of the molecule is O=C(Nc1ccccc1)c1cccc[n+]1[O-]. The molecule has 0 aliphatic heterocycles. The summed E-state index contributed by atoms with van der Waals surface area (Å²) in [5.41, 5.74) is 0.739. The van der Waals surface area contributed by atoms with Gasteiger partial charge in [-0.3, -0.25) is 4.79 Å². The van der Waals surface area contributed by atoms with Crippen LogP contribution in [0.1, 0.15) is 10.5 Å². The minimum Gasteiger partial charge on any atom is -0.618 e. The zero-order chi connectivity index (χ0) is 11.4. The van der Waals surface area contributed by atoms with Crippen LogP contribution in [0, 0.1) is 5.21 Å². The predicted octanol–water partition coefficient (Wildman–Crippen LogP) is 1.57. The number of aromatic nitrogens is 1. The molecular weight excluding hydrogens is 204 g/mol. The average Bonchev–Trinajstić information content (AvgIpc) is 2.31. The van der Waals surface area contributed by atoms with Gasteiger partial charge in [-0.25, -0.2) is 0 Å². The molecule has 4 nitrogen and oxygen atoms in total. The number of carbonyl (C=O) groups excluding carboxylic acids is 1. The smallest absolute Gasteiger partial charge is 0.321 e. The van der Waals surface area contributed by atoms with Gasteiger partial charge in [0.05, 0.1) is 0 Å². The zero-order valence-electron chi connectivity index (χ0n) is 8.46. The van der Waals surface area contributed by atoms with Gasteiger partial charge < -0.3 is 10.5 Å². The Bertz CT molecular complexity index is 497. The van der Waals surface area contributed by atoms with Gasteiger partial charge in [0.25, 0.3) is 5.69 Å². The number of para-hydroxylation sites is 1. The maximum Gasteiger partial charge on any atom is 0.321 e. The van der Waals surface area contributed by atoms with Crippen molar-refractivity contribution in [2.24, 2.45) is 0 Å². The summed E-state index contributed by atoms with van der Waals surface area (Å²) in [6.45, 7) is 0. The highest BCUT2D eigenvalue weighted by atomic mass is 16.5. The van der Waals surface area contributed by atoms with Crippen molar-refractivity contribution in [3.63, 3.8) is 0 Å². The Hall–Kier alpha value is -2.36. The van der Waals surface area contributed by atoms with E-state index in [2.05, 4.69) is 5.32 Å². The minimum absolute atomic E-state index is 0.0753. The van der Waals surface area contributed by atoms with Gasteiger partial charge in [0.2, 0.25) is 0 Å². The van der Waals surface area contributed by atoms with E-state index < -0.39 is 5.91 Å². The van der Waals surface area contributed by atoms with Crippen molar-refractivity contribution in [1.29, 1.82) is 0 Å². The van der Waals surface area contributed by atoms with Crippen LogP contribution in [0.3, 0.4) is 0 Å². The molecule has 1 aromatic carbocycles. The third-order valence-corrected chi connectivity index (χ3v) is 2.09. The Morgan fingerprint density at radius 3 is 2.44 bits per heavy atom. The molecule has 0 fully saturated rings. The lowest BCUT2D eigenvalue weighted by Crippen LogP contribution is -2.36. The van der Waals surface area contributed by atoms with Crippen molar-refractivity contribution in [3.8, 4) is 0 Å². The van der Waals surface area contributed by atoms with E-state index in [1.54, 1.807) is 24.3 Å². The zero-order valence-corrected chi connectivity index (χ0v) is 8.46. The number of pyridine rings is 1. The standard InChI is InChI=1S/C12H10N2O2/c15-12(11-8-4-5-9-14(11)16)13-10-6-2-1-3-7-10/h1-9H,(H,13,15). The van der Waals surface area contributed by atoms with Crippen LogP contribution in [0.4, 0.5) is 5.69 Å². The third kappa shape index (κ3) is 2.17. The molecule has 2 rings (SSSR count). The fraction of sp³-hybridized carbons (Fsp3) is 0. The van der Waals surface area contributed by atoms with Crippen LogP contribution in [-0.2, 0) is 0 Å². The van der Waals surface area contributed by atoms with E-state index in [1.165, 1.54) is 12.3 Å². The highest BCUT2D eigenvalue weighted by molar-refractivity contribution is 6.01. The number of anilines is 1. The molecule has 0 aliphatic rings. The van der Waals surface area contributed by atoms with Crippen molar-refractivity contribution in [3.05, 3.63) is 65.6 Å². The lowest BCUT2D eigenvalue weighted by Gasteiger charge is -2.04. The Morgan fingerprint density at radius 2 is 1.75 bits per heavy atom. The van der Waals surface area contributed by atoms with Crippen molar-refractivity contribution >= 4 is 11.6 Å². The quantitative estimate of drug-likeness (QED) is 0.609. The van der Waals surface area contributed by atoms with Crippen LogP contribution in [0.5, 0.6) is 0 Å². The third-order valence-electron chi connectivity index (χ3n) is 2.09. The van der Waals surface area contributed by atoms with E-state index in [-0.39, 0.29) is 5.69 Å². The summed E-state index contributed by atoms with van der Waals surface area (Å²) >= 11 is 0. The number of nitrogens with zero attached hydrogens (tertiary/aromatic N) is 1. The van der Waals surface area contributed by atoms with E-state index in [0.29, 0.717) is 10.4 Å². The van der Waals surface area contributed by atoms with Crippen LogP contribution in [0.15, 0.2) is 54.7 Å². The number of carbonyl (C=O) groups is 1. The van der Waals surface area contributed by atoms with Gasteiger partial charge >= 0.3 is 5.91 Å². The molecule has 0 saturated heterocycles. The lowest BCUT2D eigenvalue weighted by atomic mass is 10.3. The fourth-order valence-electron chi connectivity index (χ4n) is 1.32. The number of benzene rings is 1. The van der Waals surface area contributed by atoms with Gasteiger partial charge in [-0.05, 0) is 18.2 Å². The summed E-state index contributed by atoms with van der Waals surface area (Å²) in [4.78, 5) is 11.7. The van der Waals surface area contributed by atoms with E-state index in [9.17, 15) is 10.0 Å². The number of hydrogen-bond acceptors (Lipinski definition) is 2. The summed E-state index contributed by atoms with van der Waals surface area (Å²) in [7, 11) is 0. The minimum atomic E-state index is -0.415. The molecule has 0 saturated carbocycles. The van der Waals surface area contributed by atoms with E-state index >= 15 is 0 Å². The highest BCUT2D eigenvalue weighted by Crippen LogP contribution is 2.06. The Morgan fingerprint density at radius 1 is 1.06 bits per heavy atom. The van der Waals surface area contributed by atoms with E-state index in [4.69, 9.17) is 0 Å². The molecule has 1 N–H and O–H groups in total. The van der Waals surface area contributed by atoms with Crippen molar-refractivity contribution < 1.29 is 9.52 Å². The van der Waals surface area contributed by atoms with Crippen molar-refractivity contribution in [1.82, 2.24) is 0 Å². The number of rotatable bonds is 2. The van der Waals surface area contributed by atoms with Crippen LogP contribution >= 0.6 is 0 Å². The van der Waals surface area contributed by atoms with E-state index in [0.717, 1.165) is 0 Å². The molecule has 0 aliphatic carbocycles. The van der Waals surface area contributed by atoms with Crippen LogP contribution in [0.25, 0.3) is 0 Å². The maximum atomic E-state index is 11.7. The van der Waals surface area contributed by atoms with Crippen LogP contribution < -0.4 is 10.0 Å². The first-order valence-electron chi connectivity index (χ1n) is 4.82. The van der Waals surface area contributed by atoms with Gasteiger partial charge in [0, 0.05) is 17.8 Å². The molecular formula is C12H10N2O2. The Labute approximate surface area is 92.7 Å². The summed E-state index contributed by atoms with van der Waals surface area (Å²) in [5.74, 6) is -0.415. The second-order valence-electron chi connectivity index (χ2n) is 3.23. The summed E-state index contributed by atoms with van der Waals surface area (Å²) < 4.78 is 0.540. The summed E-state index contributed by atoms with van der Waals surface area (Å²) in [5, 5.41) is 13.9. The normalized spacial score (nSPS) is 9.75. The molecule has 80 valence electrons. The van der Waals surface area contributed by atoms with Crippen LogP contribution in [0.2, 0.25) is 0 Å². The largest absolute Gasteiger partial charge is 0.618 e. The van der Waals surface area contributed by atoms with Crippen molar-refractivity contribution in [2.75, 3.05) is 5.32 Å². The fourth-order valence-corrected chi connectivity index (χ4v) is 1.32. The van der Waals surface area contributed by atoms with Crippen LogP contribution in [-0.4, -0.2) is 5.91 Å².